The molecule has 1 saturated heterocycles. The number of benzene rings is 2. The highest BCUT2D eigenvalue weighted by atomic mass is 35.5. The molecule has 0 saturated carbocycles. The standard InChI is InChI=1S/C25H24Cl2N2O6S/c1-4-34-22(31)13-35-23-18(26)9-15(10-19(23)27)11-20-24(32)29(25(33)36-20)12-21(30)28-17-7-5-16(6-8-17)14(2)3/h5-11,14H,4,12-13H2,1-3H3,(H,28,30)/b20-11-. The van der Waals surface area contributed by atoms with Gasteiger partial charge in [0, 0.05) is 5.69 Å². The number of halogens is 2. The lowest BCUT2D eigenvalue weighted by molar-refractivity contribution is -0.145. The molecule has 2 aromatic carbocycles. The van der Waals surface area contributed by atoms with E-state index >= 15 is 0 Å². The van der Waals surface area contributed by atoms with Gasteiger partial charge in [0.15, 0.2) is 12.4 Å². The molecule has 1 heterocycles. The summed E-state index contributed by atoms with van der Waals surface area (Å²) in [4.78, 5) is 50.1. The summed E-state index contributed by atoms with van der Waals surface area (Å²) in [5.41, 5.74) is 2.14. The molecule has 190 valence electrons. The van der Waals surface area contributed by atoms with Crippen molar-refractivity contribution in [1.29, 1.82) is 0 Å². The fourth-order valence-electron chi connectivity index (χ4n) is 3.22. The number of ether oxygens (including phenoxy) is 2. The molecule has 11 heteroatoms. The highest BCUT2D eigenvalue weighted by Gasteiger charge is 2.36. The number of amides is 3. The zero-order valence-corrected chi connectivity index (χ0v) is 22.1. The Hall–Kier alpha value is -3.01. The SMILES string of the molecule is CCOC(=O)COc1c(Cl)cc(/C=C2\SC(=O)N(CC(=O)Nc3ccc(C(C)C)cc3)C2=O)cc1Cl. The molecule has 1 aliphatic heterocycles. The van der Waals surface area contributed by atoms with E-state index in [-0.39, 0.29) is 33.9 Å². The largest absolute Gasteiger partial charge is 0.479 e. The van der Waals surface area contributed by atoms with E-state index in [9.17, 15) is 19.2 Å². The number of imide groups is 1. The lowest BCUT2D eigenvalue weighted by atomic mass is 10.0. The third-order valence-electron chi connectivity index (χ3n) is 4.99. The zero-order chi connectivity index (χ0) is 26.4. The maximum Gasteiger partial charge on any atom is 0.344 e. The first-order valence-corrected chi connectivity index (χ1v) is 12.6. The number of hydrogen-bond donors (Lipinski definition) is 1. The second-order valence-corrected chi connectivity index (χ2v) is 9.81. The van der Waals surface area contributed by atoms with Gasteiger partial charge >= 0.3 is 5.97 Å². The van der Waals surface area contributed by atoms with Crippen LogP contribution in [0.25, 0.3) is 6.08 Å². The van der Waals surface area contributed by atoms with E-state index in [1.807, 2.05) is 12.1 Å². The molecule has 0 aliphatic carbocycles. The van der Waals surface area contributed by atoms with Crippen molar-refractivity contribution in [3.8, 4) is 5.75 Å². The van der Waals surface area contributed by atoms with E-state index in [2.05, 4.69) is 19.2 Å². The van der Waals surface area contributed by atoms with Crippen molar-refractivity contribution >= 4 is 69.8 Å². The minimum absolute atomic E-state index is 0.0924. The van der Waals surface area contributed by atoms with Crippen LogP contribution in [0.5, 0.6) is 5.75 Å². The summed E-state index contributed by atoms with van der Waals surface area (Å²) < 4.78 is 10.1. The Balaban J connectivity index is 1.66. The number of esters is 1. The fourth-order valence-corrected chi connectivity index (χ4v) is 4.67. The molecule has 8 nitrogen and oxygen atoms in total. The molecule has 1 N–H and O–H groups in total. The zero-order valence-electron chi connectivity index (χ0n) is 19.8. The van der Waals surface area contributed by atoms with Crippen molar-refractivity contribution in [1.82, 2.24) is 4.90 Å². The lowest BCUT2D eigenvalue weighted by Crippen LogP contribution is -2.36. The van der Waals surface area contributed by atoms with Crippen molar-refractivity contribution in [3.05, 3.63) is 62.5 Å². The van der Waals surface area contributed by atoms with E-state index in [4.69, 9.17) is 32.7 Å². The first-order valence-electron chi connectivity index (χ1n) is 11.0. The van der Waals surface area contributed by atoms with Crippen molar-refractivity contribution in [2.24, 2.45) is 0 Å². The van der Waals surface area contributed by atoms with Crippen LogP contribution in [-0.2, 0) is 19.1 Å². The van der Waals surface area contributed by atoms with Crippen LogP contribution >= 0.6 is 35.0 Å². The number of anilines is 1. The van der Waals surface area contributed by atoms with Crippen LogP contribution in [0.3, 0.4) is 0 Å². The number of thioether (sulfide) groups is 1. The summed E-state index contributed by atoms with van der Waals surface area (Å²) in [5, 5.41) is 2.35. The van der Waals surface area contributed by atoms with Gasteiger partial charge in [0.1, 0.15) is 6.54 Å². The fraction of sp³-hybridized carbons (Fsp3) is 0.280. The van der Waals surface area contributed by atoms with Gasteiger partial charge in [-0.15, -0.1) is 0 Å². The molecule has 1 aliphatic rings. The number of carbonyl (C=O) groups excluding carboxylic acids is 4. The maximum atomic E-state index is 12.8. The monoisotopic (exact) mass is 550 g/mol. The molecule has 0 atom stereocenters. The summed E-state index contributed by atoms with van der Waals surface area (Å²) in [6.07, 6.45) is 1.44. The molecular weight excluding hydrogens is 527 g/mol. The highest BCUT2D eigenvalue weighted by Crippen LogP contribution is 2.37. The van der Waals surface area contributed by atoms with Gasteiger partial charge in [0.25, 0.3) is 11.1 Å². The summed E-state index contributed by atoms with van der Waals surface area (Å²) in [5.74, 6) is -1.22. The topological polar surface area (TPSA) is 102 Å². The minimum atomic E-state index is -0.606. The average molecular weight is 551 g/mol. The molecule has 3 rings (SSSR count). The van der Waals surface area contributed by atoms with Gasteiger partial charge in [0.05, 0.1) is 21.6 Å². The summed E-state index contributed by atoms with van der Waals surface area (Å²) in [7, 11) is 0. The van der Waals surface area contributed by atoms with E-state index < -0.39 is 29.6 Å². The maximum absolute atomic E-state index is 12.8. The van der Waals surface area contributed by atoms with Gasteiger partial charge in [-0.2, -0.15) is 0 Å². The van der Waals surface area contributed by atoms with Gasteiger partial charge in [0.2, 0.25) is 5.91 Å². The predicted molar refractivity (Wildman–Crippen MR) is 140 cm³/mol. The third-order valence-corrected chi connectivity index (χ3v) is 6.46. The summed E-state index contributed by atoms with van der Waals surface area (Å²) in [6, 6.07) is 10.3. The number of rotatable bonds is 9. The van der Waals surface area contributed by atoms with E-state index in [1.165, 1.54) is 18.2 Å². The summed E-state index contributed by atoms with van der Waals surface area (Å²) >= 11 is 13.2. The van der Waals surface area contributed by atoms with Gasteiger partial charge in [-0.25, -0.2) is 4.79 Å². The molecule has 0 aromatic heterocycles. The van der Waals surface area contributed by atoms with Crippen LogP contribution in [0.2, 0.25) is 10.0 Å². The van der Waals surface area contributed by atoms with E-state index in [1.54, 1.807) is 19.1 Å². The number of nitrogens with one attached hydrogen (secondary N) is 1. The van der Waals surface area contributed by atoms with Crippen LogP contribution in [0.4, 0.5) is 10.5 Å². The molecular formula is C25H24Cl2N2O6S. The molecule has 0 bridgehead atoms. The molecule has 36 heavy (non-hydrogen) atoms. The van der Waals surface area contributed by atoms with Crippen LogP contribution in [0, 0.1) is 0 Å². The number of carbonyl (C=O) groups is 4. The smallest absolute Gasteiger partial charge is 0.344 e. The Bertz CT molecular complexity index is 1190. The third kappa shape index (κ3) is 7.02. The first kappa shape index (κ1) is 27.6. The van der Waals surface area contributed by atoms with Gasteiger partial charge < -0.3 is 14.8 Å². The Morgan fingerprint density at radius 1 is 1.11 bits per heavy atom. The molecule has 3 amide bonds. The summed E-state index contributed by atoms with van der Waals surface area (Å²) in [6.45, 7) is 5.23. The van der Waals surface area contributed by atoms with Gasteiger partial charge in [-0.3, -0.25) is 19.3 Å². The molecule has 1 fully saturated rings. The number of nitrogens with zero attached hydrogens (tertiary/aromatic N) is 1. The van der Waals surface area contributed by atoms with Crippen molar-refractivity contribution in [2.45, 2.75) is 26.7 Å². The van der Waals surface area contributed by atoms with Crippen molar-refractivity contribution in [2.75, 3.05) is 25.1 Å². The van der Waals surface area contributed by atoms with Crippen molar-refractivity contribution in [3.63, 3.8) is 0 Å². The highest BCUT2D eigenvalue weighted by molar-refractivity contribution is 8.18. The Morgan fingerprint density at radius 2 is 1.75 bits per heavy atom. The van der Waals surface area contributed by atoms with Crippen LogP contribution < -0.4 is 10.1 Å². The Morgan fingerprint density at radius 3 is 2.33 bits per heavy atom. The predicted octanol–water partition coefficient (Wildman–Crippen LogP) is 5.73. The van der Waals surface area contributed by atoms with E-state index in [0.29, 0.717) is 28.9 Å². The number of hydrogen-bond acceptors (Lipinski definition) is 7. The second-order valence-electron chi connectivity index (χ2n) is 8.00. The van der Waals surface area contributed by atoms with Gasteiger partial charge in [-0.1, -0.05) is 49.2 Å². The molecule has 0 spiro atoms. The minimum Gasteiger partial charge on any atom is -0.479 e. The van der Waals surface area contributed by atoms with Crippen molar-refractivity contribution < 1.29 is 28.7 Å². The van der Waals surface area contributed by atoms with E-state index in [0.717, 1.165) is 10.5 Å². The quantitative estimate of drug-likeness (QED) is 0.314. The van der Waals surface area contributed by atoms with Crippen LogP contribution in [-0.4, -0.2) is 47.7 Å². The second kappa shape index (κ2) is 12.3. The van der Waals surface area contributed by atoms with Gasteiger partial charge in [-0.05, 0) is 66.1 Å². The van der Waals surface area contributed by atoms with Crippen LogP contribution in [0.1, 0.15) is 37.8 Å². The Labute approximate surface area is 222 Å². The molecule has 0 unspecified atom stereocenters. The van der Waals surface area contributed by atoms with Crippen LogP contribution in [0.15, 0.2) is 41.3 Å². The normalized spacial score (nSPS) is 14.5. The first-order chi connectivity index (χ1) is 17.1. The molecule has 0 radical (unpaired) electrons. The Kier molecular flexibility index (Phi) is 9.42. The lowest BCUT2D eigenvalue weighted by Gasteiger charge is -2.13. The molecule has 2 aromatic rings. The average Bonchev–Trinajstić information content (AvgIpc) is 3.06.